The van der Waals surface area contributed by atoms with Crippen molar-refractivity contribution in [3.63, 3.8) is 0 Å². The van der Waals surface area contributed by atoms with Crippen molar-refractivity contribution in [3.8, 4) is 0 Å². The Morgan fingerprint density at radius 2 is 1.42 bits per heavy atom. The number of carbonyl (C=O) groups excluding carboxylic acids is 4. The van der Waals surface area contributed by atoms with Gasteiger partial charge in [0, 0.05) is 23.8 Å². The highest BCUT2D eigenvalue weighted by Gasteiger charge is 2.40. The van der Waals surface area contributed by atoms with Crippen LogP contribution in [0.2, 0.25) is 0 Å². The Bertz CT molecular complexity index is 1140. The zero-order valence-corrected chi connectivity index (χ0v) is 16.5. The Morgan fingerprint density at radius 1 is 0.839 bits per heavy atom. The summed E-state index contributed by atoms with van der Waals surface area (Å²) >= 11 is 0. The Labute approximate surface area is 177 Å². The van der Waals surface area contributed by atoms with Crippen LogP contribution in [0.3, 0.4) is 0 Å². The average molecular weight is 414 g/mol. The van der Waals surface area contributed by atoms with Crippen molar-refractivity contribution < 1.29 is 19.2 Å². The molecule has 8 nitrogen and oxygen atoms in total. The topological polar surface area (TPSA) is 108 Å². The second kappa shape index (κ2) is 8.19. The largest absolute Gasteiger partial charge is 0.324 e. The summed E-state index contributed by atoms with van der Waals surface area (Å²) in [6.45, 7) is 1.50. The number of benzene rings is 2. The number of fused-ring (bicyclic) bond motifs is 1. The molecule has 0 saturated heterocycles. The third-order valence-corrected chi connectivity index (χ3v) is 4.93. The van der Waals surface area contributed by atoms with E-state index >= 15 is 0 Å². The second-order valence-corrected chi connectivity index (χ2v) is 6.96. The molecule has 2 N–H and O–H groups in total. The molecule has 3 aromatic rings. The SMILES string of the molecule is CC(C(=O)Nc1ccc(NC(=O)c2cccnc2)cc1)N1C(=O)c2ccccc2C1=O. The van der Waals surface area contributed by atoms with Gasteiger partial charge in [0.25, 0.3) is 17.7 Å². The number of anilines is 2. The van der Waals surface area contributed by atoms with E-state index in [9.17, 15) is 19.2 Å². The summed E-state index contributed by atoms with van der Waals surface area (Å²) in [5.41, 5.74) is 2.02. The van der Waals surface area contributed by atoms with E-state index in [-0.39, 0.29) is 5.91 Å². The van der Waals surface area contributed by atoms with Gasteiger partial charge < -0.3 is 10.6 Å². The lowest BCUT2D eigenvalue weighted by atomic mass is 10.1. The van der Waals surface area contributed by atoms with Crippen LogP contribution in [0.4, 0.5) is 11.4 Å². The Balaban J connectivity index is 1.40. The number of nitrogens with zero attached hydrogens (tertiary/aromatic N) is 2. The van der Waals surface area contributed by atoms with E-state index in [1.54, 1.807) is 66.9 Å². The van der Waals surface area contributed by atoms with E-state index in [1.165, 1.54) is 13.1 Å². The van der Waals surface area contributed by atoms with Crippen molar-refractivity contribution in [3.05, 3.63) is 89.7 Å². The molecule has 1 aromatic heterocycles. The third kappa shape index (κ3) is 3.91. The van der Waals surface area contributed by atoms with Crippen LogP contribution in [0.1, 0.15) is 38.0 Å². The number of aromatic nitrogens is 1. The smallest absolute Gasteiger partial charge is 0.262 e. The molecule has 154 valence electrons. The molecule has 2 aromatic carbocycles. The minimum atomic E-state index is -0.989. The van der Waals surface area contributed by atoms with Gasteiger partial charge in [0.2, 0.25) is 5.91 Å². The molecular weight excluding hydrogens is 396 g/mol. The maximum Gasteiger partial charge on any atom is 0.262 e. The van der Waals surface area contributed by atoms with E-state index in [0.717, 1.165) is 4.90 Å². The summed E-state index contributed by atoms with van der Waals surface area (Å²) in [6, 6.07) is 15.3. The third-order valence-electron chi connectivity index (χ3n) is 4.93. The second-order valence-electron chi connectivity index (χ2n) is 6.96. The summed E-state index contributed by atoms with van der Waals surface area (Å²) in [5, 5.41) is 5.43. The quantitative estimate of drug-likeness (QED) is 0.624. The molecule has 1 atom stereocenters. The van der Waals surface area contributed by atoms with Crippen LogP contribution in [-0.2, 0) is 4.79 Å². The van der Waals surface area contributed by atoms with Crippen LogP contribution >= 0.6 is 0 Å². The average Bonchev–Trinajstić information content (AvgIpc) is 3.05. The zero-order valence-electron chi connectivity index (χ0n) is 16.5. The van der Waals surface area contributed by atoms with Gasteiger partial charge in [0.1, 0.15) is 6.04 Å². The maximum absolute atomic E-state index is 12.7. The highest BCUT2D eigenvalue weighted by molar-refractivity contribution is 6.23. The molecular formula is C23H18N4O4. The van der Waals surface area contributed by atoms with Gasteiger partial charge in [-0.2, -0.15) is 0 Å². The van der Waals surface area contributed by atoms with Crippen molar-refractivity contribution >= 4 is 35.0 Å². The van der Waals surface area contributed by atoms with Crippen molar-refractivity contribution in [2.24, 2.45) is 0 Å². The van der Waals surface area contributed by atoms with Gasteiger partial charge >= 0.3 is 0 Å². The predicted octanol–water partition coefficient (Wildman–Crippen LogP) is 2.96. The fourth-order valence-electron chi connectivity index (χ4n) is 3.26. The number of hydrogen-bond acceptors (Lipinski definition) is 5. The van der Waals surface area contributed by atoms with Gasteiger partial charge in [-0.05, 0) is 55.5 Å². The first-order valence-corrected chi connectivity index (χ1v) is 9.55. The minimum absolute atomic E-state index is 0.292. The lowest BCUT2D eigenvalue weighted by Crippen LogP contribution is -2.45. The van der Waals surface area contributed by atoms with E-state index in [2.05, 4.69) is 15.6 Å². The standard InChI is InChI=1S/C23H18N4O4/c1-14(27-22(30)18-6-2-3-7-19(18)23(27)31)20(28)25-16-8-10-17(11-9-16)26-21(29)15-5-4-12-24-13-15/h2-14H,1H3,(H,25,28)(H,26,29). The lowest BCUT2D eigenvalue weighted by molar-refractivity contribution is -0.119. The summed E-state index contributed by atoms with van der Waals surface area (Å²) < 4.78 is 0. The highest BCUT2D eigenvalue weighted by Crippen LogP contribution is 2.25. The van der Waals surface area contributed by atoms with Crippen LogP contribution in [0, 0.1) is 0 Å². The van der Waals surface area contributed by atoms with E-state index in [4.69, 9.17) is 0 Å². The van der Waals surface area contributed by atoms with Gasteiger partial charge in [-0.15, -0.1) is 0 Å². The van der Waals surface area contributed by atoms with E-state index in [0.29, 0.717) is 28.1 Å². The van der Waals surface area contributed by atoms with Crippen molar-refractivity contribution in [2.45, 2.75) is 13.0 Å². The van der Waals surface area contributed by atoms with Gasteiger partial charge in [-0.25, -0.2) is 0 Å². The number of pyridine rings is 1. The molecule has 2 heterocycles. The summed E-state index contributed by atoms with van der Waals surface area (Å²) in [5.74, 6) is -1.78. The van der Waals surface area contributed by atoms with Gasteiger partial charge in [0.05, 0.1) is 16.7 Å². The first kappa shape index (κ1) is 20.0. The summed E-state index contributed by atoms with van der Waals surface area (Å²) in [4.78, 5) is 54.8. The monoisotopic (exact) mass is 414 g/mol. The predicted molar refractivity (Wildman–Crippen MR) is 114 cm³/mol. The van der Waals surface area contributed by atoms with Crippen LogP contribution in [0.5, 0.6) is 0 Å². The zero-order chi connectivity index (χ0) is 22.0. The van der Waals surface area contributed by atoms with Crippen molar-refractivity contribution in [2.75, 3.05) is 10.6 Å². The molecule has 4 amide bonds. The van der Waals surface area contributed by atoms with Crippen molar-refractivity contribution in [1.82, 2.24) is 9.88 Å². The fraction of sp³-hybridized carbons (Fsp3) is 0.0870. The molecule has 0 radical (unpaired) electrons. The molecule has 8 heteroatoms. The molecule has 1 aliphatic heterocycles. The van der Waals surface area contributed by atoms with Gasteiger partial charge in [-0.3, -0.25) is 29.1 Å². The first-order chi connectivity index (χ1) is 15.0. The lowest BCUT2D eigenvalue weighted by Gasteiger charge is -2.21. The van der Waals surface area contributed by atoms with Crippen LogP contribution in [-0.4, -0.2) is 39.6 Å². The first-order valence-electron chi connectivity index (χ1n) is 9.55. The van der Waals surface area contributed by atoms with Gasteiger partial charge in [-0.1, -0.05) is 12.1 Å². The number of hydrogen-bond donors (Lipinski definition) is 2. The van der Waals surface area contributed by atoms with Crippen LogP contribution < -0.4 is 10.6 Å². The molecule has 31 heavy (non-hydrogen) atoms. The number of imide groups is 1. The Hall–Kier alpha value is -4.33. The molecule has 0 bridgehead atoms. The van der Waals surface area contributed by atoms with E-state index < -0.39 is 23.8 Å². The van der Waals surface area contributed by atoms with E-state index in [1.807, 2.05) is 0 Å². The molecule has 0 fully saturated rings. The molecule has 0 aliphatic carbocycles. The highest BCUT2D eigenvalue weighted by atomic mass is 16.2. The molecule has 0 saturated carbocycles. The molecule has 1 unspecified atom stereocenters. The maximum atomic E-state index is 12.7. The molecule has 0 spiro atoms. The molecule has 1 aliphatic rings. The van der Waals surface area contributed by atoms with Gasteiger partial charge in [0.15, 0.2) is 0 Å². The minimum Gasteiger partial charge on any atom is -0.324 e. The summed E-state index contributed by atoms with van der Waals surface area (Å²) in [7, 11) is 0. The number of amides is 4. The number of carbonyl (C=O) groups is 4. The van der Waals surface area contributed by atoms with Crippen LogP contribution in [0.25, 0.3) is 0 Å². The van der Waals surface area contributed by atoms with Crippen LogP contribution in [0.15, 0.2) is 73.1 Å². The number of nitrogens with one attached hydrogen (secondary N) is 2. The fourth-order valence-corrected chi connectivity index (χ4v) is 3.26. The number of rotatable bonds is 5. The van der Waals surface area contributed by atoms with Crippen molar-refractivity contribution in [1.29, 1.82) is 0 Å². The summed E-state index contributed by atoms with van der Waals surface area (Å²) in [6.07, 6.45) is 3.04. The normalized spacial score (nSPS) is 13.5. The molecule has 4 rings (SSSR count). The Morgan fingerprint density at radius 3 is 1.97 bits per heavy atom. The Kier molecular flexibility index (Phi) is 5.28.